The number of ketones is 1. The fourth-order valence-electron chi connectivity index (χ4n) is 5.34. The van der Waals surface area contributed by atoms with E-state index in [0.717, 1.165) is 27.8 Å². The molecule has 1 saturated heterocycles. The third kappa shape index (κ3) is 5.09. The molecule has 216 valence electrons. The molecule has 1 aromatic heterocycles. The zero-order valence-corrected chi connectivity index (χ0v) is 24.8. The third-order valence-electron chi connectivity index (χ3n) is 7.42. The molecule has 0 radical (unpaired) electrons. The van der Waals surface area contributed by atoms with Gasteiger partial charge >= 0.3 is 5.91 Å². The Kier molecular flexibility index (Phi) is 7.36. The van der Waals surface area contributed by atoms with Gasteiger partial charge in [0.25, 0.3) is 5.78 Å². The van der Waals surface area contributed by atoms with E-state index in [1.54, 1.807) is 18.2 Å². The lowest BCUT2D eigenvalue weighted by Crippen LogP contribution is -2.29. The first-order valence-corrected chi connectivity index (χ1v) is 14.8. The molecule has 8 nitrogen and oxygen atoms in total. The van der Waals surface area contributed by atoms with Crippen LogP contribution in [0.2, 0.25) is 0 Å². The van der Waals surface area contributed by atoms with E-state index in [1.807, 2.05) is 50.2 Å². The first-order valence-electron chi connectivity index (χ1n) is 14.0. The van der Waals surface area contributed by atoms with Gasteiger partial charge in [-0.25, -0.2) is 4.98 Å². The maximum Gasteiger partial charge on any atom is 0.301 e. The highest BCUT2D eigenvalue weighted by Gasteiger charge is 2.48. The molecule has 1 atom stereocenters. The monoisotopic (exact) mass is 584 g/mol. The molecule has 1 N–H and O–H groups in total. The molecule has 2 aliphatic rings. The first kappa shape index (κ1) is 27.8. The molecule has 6 rings (SSSR count). The number of amides is 1. The molecule has 3 heterocycles. The van der Waals surface area contributed by atoms with E-state index < -0.39 is 17.7 Å². The van der Waals surface area contributed by atoms with Crippen molar-refractivity contribution in [2.75, 3.05) is 24.7 Å². The molecule has 9 heteroatoms. The van der Waals surface area contributed by atoms with Crippen LogP contribution in [0.5, 0.6) is 17.2 Å². The Morgan fingerprint density at radius 1 is 1.07 bits per heavy atom. The predicted molar refractivity (Wildman–Crippen MR) is 163 cm³/mol. The average Bonchev–Trinajstić information content (AvgIpc) is 3.50. The lowest BCUT2D eigenvalue weighted by molar-refractivity contribution is -0.132. The number of carbonyl (C=O) groups excluding carboxylic acids is 2. The normalized spacial score (nSPS) is 17.8. The summed E-state index contributed by atoms with van der Waals surface area (Å²) >= 11 is 1.35. The number of rotatable bonds is 7. The van der Waals surface area contributed by atoms with Gasteiger partial charge in [-0.2, -0.15) is 0 Å². The van der Waals surface area contributed by atoms with E-state index in [-0.39, 0.29) is 11.3 Å². The first-order chi connectivity index (χ1) is 20.2. The van der Waals surface area contributed by atoms with Gasteiger partial charge in [0.15, 0.2) is 16.6 Å². The van der Waals surface area contributed by atoms with Crippen molar-refractivity contribution in [2.24, 2.45) is 5.92 Å². The second-order valence-corrected chi connectivity index (χ2v) is 12.1. The van der Waals surface area contributed by atoms with Crippen molar-refractivity contribution in [1.82, 2.24) is 4.98 Å². The Balaban J connectivity index is 1.50. The molecule has 4 aromatic rings. The maximum absolute atomic E-state index is 13.8. The number of thiazole rings is 1. The number of ether oxygens (including phenoxy) is 3. The molecular weight excluding hydrogens is 552 g/mol. The van der Waals surface area contributed by atoms with Crippen LogP contribution < -0.4 is 19.1 Å². The molecule has 1 unspecified atom stereocenters. The van der Waals surface area contributed by atoms with Crippen molar-refractivity contribution >= 4 is 44.1 Å². The van der Waals surface area contributed by atoms with E-state index >= 15 is 0 Å². The zero-order valence-electron chi connectivity index (χ0n) is 24.0. The number of hydrogen-bond donors (Lipinski definition) is 1. The number of nitrogens with zero attached hydrogens (tertiary/aromatic N) is 2. The summed E-state index contributed by atoms with van der Waals surface area (Å²) in [5, 5.41) is 12.0. The number of benzene rings is 3. The molecule has 1 amide bonds. The molecule has 42 heavy (non-hydrogen) atoms. The summed E-state index contributed by atoms with van der Waals surface area (Å²) in [5.74, 6) is 0.294. The Morgan fingerprint density at radius 2 is 1.86 bits per heavy atom. The standard InChI is InChI=1S/C33H32N2O6S/c1-18(2)10-11-39-23-7-5-6-21(16-23)29-27(30(36)22-8-9-24-25(17-22)41-13-12-40-24)31(37)32(38)35(29)33-34-28-20(4)14-19(3)15-26(28)42-33/h5-9,14-18,29,36H,10-13H2,1-4H3/b30-27+. The molecule has 0 aliphatic carbocycles. The van der Waals surface area contributed by atoms with Crippen molar-refractivity contribution in [2.45, 2.75) is 40.2 Å². The minimum absolute atomic E-state index is 0.0248. The summed E-state index contributed by atoms with van der Waals surface area (Å²) in [6.07, 6.45) is 0.886. The van der Waals surface area contributed by atoms with E-state index in [1.165, 1.54) is 16.2 Å². The largest absolute Gasteiger partial charge is 0.507 e. The minimum atomic E-state index is -0.922. The van der Waals surface area contributed by atoms with E-state index in [4.69, 9.17) is 19.2 Å². The fourth-order valence-corrected chi connectivity index (χ4v) is 6.51. The quantitative estimate of drug-likeness (QED) is 0.146. The molecule has 0 saturated carbocycles. The number of fused-ring (bicyclic) bond motifs is 2. The van der Waals surface area contributed by atoms with Gasteiger partial charge in [0.1, 0.15) is 24.7 Å². The second-order valence-electron chi connectivity index (χ2n) is 11.1. The SMILES string of the molecule is Cc1cc(C)c2nc(N3C(=O)C(=O)/C(=C(/O)c4ccc5c(c4)OCCO5)C3c3cccc(OCCC(C)C)c3)sc2c1. The smallest absolute Gasteiger partial charge is 0.301 e. The zero-order chi connectivity index (χ0) is 29.5. The summed E-state index contributed by atoms with van der Waals surface area (Å²) in [7, 11) is 0. The van der Waals surface area contributed by atoms with Crippen LogP contribution in [0.15, 0.2) is 60.2 Å². The van der Waals surface area contributed by atoms with Gasteiger partial charge in [-0.15, -0.1) is 0 Å². The minimum Gasteiger partial charge on any atom is -0.507 e. The van der Waals surface area contributed by atoms with Crippen LogP contribution >= 0.6 is 11.3 Å². The van der Waals surface area contributed by atoms with Crippen molar-refractivity contribution in [1.29, 1.82) is 0 Å². The highest BCUT2D eigenvalue weighted by atomic mass is 32.1. The van der Waals surface area contributed by atoms with Crippen molar-refractivity contribution in [3.8, 4) is 17.2 Å². The molecule has 0 spiro atoms. The highest BCUT2D eigenvalue weighted by Crippen LogP contribution is 2.46. The predicted octanol–water partition coefficient (Wildman–Crippen LogP) is 6.74. The molecule has 2 aliphatic heterocycles. The number of aliphatic hydroxyl groups is 1. The summed E-state index contributed by atoms with van der Waals surface area (Å²) in [6, 6.07) is 15.4. The number of carbonyl (C=O) groups is 2. The summed E-state index contributed by atoms with van der Waals surface area (Å²) in [5.41, 5.74) is 3.79. The summed E-state index contributed by atoms with van der Waals surface area (Å²) < 4.78 is 18.3. The third-order valence-corrected chi connectivity index (χ3v) is 8.42. The van der Waals surface area contributed by atoms with Crippen LogP contribution in [0.25, 0.3) is 16.0 Å². The Morgan fingerprint density at radius 3 is 2.64 bits per heavy atom. The fraction of sp³-hybridized carbons (Fsp3) is 0.303. The van der Waals surface area contributed by atoms with Crippen molar-refractivity contribution < 1.29 is 28.9 Å². The topological polar surface area (TPSA) is 98.2 Å². The van der Waals surface area contributed by atoms with Gasteiger partial charge in [-0.05, 0) is 79.3 Å². The summed E-state index contributed by atoms with van der Waals surface area (Å²) in [6.45, 7) is 9.59. The van der Waals surface area contributed by atoms with E-state index in [2.05, 4.69) is 13.8 Å². The van der Waals surface area contributed by atoms with E-state index in [9.17, 15) is 14.7 Å². The number of aliphatic hydroxyl groups excluding tert-OH is 1. The van der Waals surface area contributed by atoms with Crippen LogP contribution in [0.1, 0.15) is 48.6 Å². The van der Waals surface area contributed by atoms with Crippen LogP contribution in [0, 0.1) is 19.8 Å². The lowest BCUT2D eigenvalue weighted by atomic mass is 9.95. The molecule has 3 aromatic carbocycles. The van der Waals surface area contributed by atoms with Gasteiger partial charge in [0, 0.05) is 5.56 Å². The van der Waals surface area contributed by atoms with Crippen LogP contribution in [0.4, 0.5) is 5.13 Å². The number of Topliss-reactive ketones (excluding diaryl/α,β-unsaturated/α-hetero) is 1. The van der Waals surface area contributed by atoms with Crippen LogP contribution in [0.3, 0.4) is 0 Å². The van der Waals surface area contributed by atoms with Crippen LogP contribution in [-0.4, -0.2) is 41.6 Å². The number of anilines is 1. The molecule has 1 fully saturated rings. The maximum atomic E-state index is 13.8. The van der Waals surface area contributed by atoms with Gasteiger partial charge in [0.2, 0.25) is 0 Å². The Hall–Kier alpha value is -4.37. The van der Waals surface area contributed by atoms with Gasteiger partial charge in [0.05, 0.1) is 28.4 Å². The van der Waals surface area contributed by atoms with E-state index in [0.29, 0.717) is 59.2 Å². The molecule has 0 bridgehead atoms. The van der Waals surface area contributed by atoms with Gasteiger partial charge in [-0.3, -0.25) is 14.5 Å². The lowest BCUT2D eigenvalue weighted by Gasteiger charge is -2.24. The van der Waals surface area contributed by atoms with Gasteiger partial charge < -0.3 is 19.3 Å². The highest BCUT2D eigenvalue weighted by molar-refractivity contribution is 7.22. The van der Waals surface area contributed by atoms with Crippen molar-refractivity contribution in [3.05, 3.63) is 82.4 Å². The van der Waals surface area contributed by atoms with Gasteiger partial charge in [-0.1, -0.05) is 43.4 Å². The number of aromatic nitrogens is 1. The average molecular weight is 585 g/mol. The Labute approximate surface area is 248 Å². The van der Waals surface area contributed by atoms with Crippen molar-refractivity contribution in [3.63, 3.8) is 0 Å². The summed E-state index contributed by atoms with van der Waals surface area (Å²) in [4.78, 5) is 33.7. The molecular formula is C33H32N2O6S. The number of aryl methyl sites for hydroxylation is 2. The number of hydrogen-bond acceptors (Lipinski definition) is 8. The second kappa shape index (κ2) is 11.1. The Bertz CT molecular complexity index is 1740. The van der Waals surface area contributed by atoms with Crippen LogP contribution in [-0.2, 0) is 9.59 Å².